The summed E-state index contributed by atoms with van der Waals surface area (Å²) in [5.74, 6) is 0.116. The molecule has 2 N–H and O–H groups in total. The molecule has 1 atom stereocenters. The predicted molar refractivity (Wildman–Crippen MR) is 52.8 cm³/mol. The van der Waals surface area contributed by atoms with Gasteiger partial charge in [-0.05, 0) is 19.1 Å². The van der Waals surface area contributed by atoms with Gasteiger partial charge in [0.05, 0.1) is 11.8 Å². The lowest BCUT2D eigenvalue weighted by Gasteiger charge is -2.12. The molecule has 4 heteroatoms. The first-order valence-corrected chi connectivity index (χ1v) is 4.34. The maximum Gasteiger partial charge on any atom is 0.142 e. The van der Waals surface area contributed by atoms with Crippen LogP contribution in [0.25, 0.3) is 0 Å². The van der Waals surface area contributed by atoms with E-state index in [1.54, 1.807) is 7.11 Å². The number of halogens is 1. The summed E-state index contributed by atoms with van der Waals surface area (Å²) >= 11 is 0. The van der Waals surface area contributed by atoms with Gasteiger partial charge in [-0.25, -0.2) is 4.39 Å². The Morgan fingerprint density at radius 2 is 2.21 bits per heavy atom. The SMILES string of the molecule is COC(C)COc1ccc(F)cc1N. The van der Waals surface area contributed by atoms with Crippen LogP contribution in [0.2, 0.25) is 0 Å². The zero-order valence-corrected chi connectivity index (χ0v) is 8.29. The van der Waals surface area contributed by atoms with E-state index in [0.717, 1.165) is 0 Å². The Morgan fingerprint density at radius 3 is 2.79 bits per heavy atom. The Hall–Kier alpha value is -1.29. The third-order valence-electron chi connectivity index (χ3n) is 1.85. The zero-order valence-electron chi connectivity index (χ0n) is 8.29. The van der Waals surface area contributed by atoms with Crippen molar-refractivity contribution >= 4 is 5.69 Å². The summed E-state index contributed by atoms with van der Waals surface area (Å²) in [6, 6.07) is 4.04. The smallest absolute Gasteiger partial charge is 0.142 e. The summed E-state index contributed by atoms with van der Waals surface area (Å²) in [7, 11) is 1.60. The third kappa shape index (κ3) is 2.88. The van der Waals surface area contributed by atoms with Gasteiger partial charge in [-0.3, -0.25) is 0 Å². The fourth-order valence-corrected chi connectivity index (χ4v) is 0.926. The summed E-state index contributed by atoms with van der Waals surface area (Å²) in [6.45, 7) is 2.27. The Morgan fingerprint density at radius 1 is 1.50 bits per heavy atom. The largest absolute Gasteiger partial charge is 0.489 e. The number of hydrogen-bond donors (Lipinski definition) is 1. The molecule has 0 saturated heterocycles. The molecule has 0 fully saturated rings. The summed E-state index contributed by atoms with van der Waals surface area (Å²) in [4.78, 5) is 0. The molecule has 0 aliphatic rings. The van der Waals surface area contributed by atoms with E-state index in [-0.39, 0.29) is 11.9 Å². The summed E-state index contributed by atoms with van der Waals surface area (Å²) < 4.78 is 23.0. The fraction of sp³-hybridized carbons (Fsp3) is 0.400. The summed E-state index contributed by atoms with van der Waals surface area (Å²) in [5.41, 5.74) is 5.84. The summed E-state index contributed by atoms with van der Waals surface area (Å²) in [5, 5.41) is 0. The van der Waals surface area contributed by atoms with Crippen LogP contribution >= 0.6 is 0 Å². The maximum atomic E-state index is 12.7. The quantitative estimate of drug-likeness (QED) is 0.752. The first-order valence-electron chi connectivity index (χ1n) is 4.34. The molecule has 3 nitrogen and oxygen atoms in total. The molecule has 78 valence electrons. The van der Waals surface area contributed by atoms with Crippen molar-refractivity contribution in [1.29, 1.82) is 0 Å². The minimum Gasteiger partial charge on any atom is -0.489 e. The second kappa shape index (κ2) is 4.81. The second-order valence-corrected chi connectivity index (χ2v) is 3.04. The molecule has 1 rings (SSSR count). The predicted octanol–water partition coefficient (Wildman–Crippen LogP) is 1.82. The Kier molecular flexibility index (Phi) is 3.71. The van der Waals surface area contributed by atoms with Gasteiger partial charge >= 0.3 is 0 Å². The van der Waals surface area contributed by atoms with Gasteiger partial charge < -0.3 is 15.2 Å². The normalized spacial score (nSPS) is 12.5. The van der Waals surface area contributed by atoms with E-state index in [1.807, 2.05) is 6.92 Å². The molecule has 0 saturated carbocycles. The Labute approximate surface area is 82.6 Å². The van der Waals surface area contributed by atoms with Crippen molar-refractivity contribution in [3.63, 3.8) is 0 Å². The standard InChI is InChI=1S/C10H14FNO2/c1-7(13-2)6-14-10-4-3-8(11)5-9(10)12/h3-5,7H,6,12H2,1-2H3. The van der Waals surface area contributed by atoms with Crippen LogP contribution in [0.15, 0.2) is 18.2 Å². The van der Waals surface area contributed by atoms with E-state index in [9.17, 15) is 4.39 Å². The van der Waals surface area contributed by atoms with Crippen molar-refractivity contribution in [3.05, 3.63) is 24.0 Å². The summed E-state index contributed by atoms with van der Waals surface area (Å²) in [6.07, 6.45) is -0.0144. The van der Waals surface area contributed by atoms with E-state index in [2.05, 4.69) is 0 Å². The van der Waals surface area contributed by atoms with Crippen LogP contribution in [0.3, 0.4) is 0 Å². The first-order chi connectivity index (χ1) is 6.63. The minimum atomic E-state index is -0.366. The van der Waals surface area contributed by atoms with Gasteiger partial charge in [0.25, 0.3) is 0 Å². The molecule has 0 heterocycles. The van der Waals surface area contributed by atoms with Crippen molar-refractivity contribution in [3.8, 4) is 5.75 Å². The maximum absolute atomic E-state index is 12.7. The molecule has 1 aromatic carbocycles. The van der Waals surface area contributed by atoms with Crippen molar-refractivity contribution in [2.75, 3.05) is 19.5 Å². The first kappa shape index (κ1) is 10.8. The minimum absolute atomic E-state index is 0.0144. The third-order valence-corrected chi connectivity index (χ3v) is 1.85. The van der Waals surface area contributed by atoms with Crippen molar-refractivity contribution in [2.24, 2.45) is 0 Å². The van der Waals surface area contributed by atoms with Crippen LogP contribution in [-0.2, 0) is 4.74 Å². The molecule has 0 aliphatic carbocycles. The lowest BCUT2D eigenvalue weighted by atomic mass is 10.3. The molecule has 0 spiro atoms. The van der Waals surface area contributed by atoms with Crippen molar-refractivity contribution in [2.45, 2.75) is 13.0 Å². The zero-order chi connectivity index (χ0) is 10.6. The molecular weight excluding hydrogens is 185 g/mol. The van der Waals surface area contributed by atoms with E-state index in [0.29, 0.717) is 18.0 Å². The van der Waals surface area contributed by atoms with Crippen LogP contribution in [0.1, 0.15) is 6.92 Å². The molecule has 1 unspecified atom stereocenters. The number of rotatable bonds is 4. The topological polar surface area (TPSA) is 44.5 Å². The lowest BCUT2D eigenvalue weighted by Crippen LogP contribution is -2.16. The highest BCUT2D eigenvalue weighted by atomic mass is 19.1. The molecule has 0 bridgehead atoms. The van der Waals surface area contributed by atoms with Crippen LogP contribution in [0.5, 0.6) is 5.75 Å². The van der Waals surface area contributed by atoms with Crippen LogP contribution in [-0.4, -0.2) is 19.8 Å². The number of anilines is 1. The van der Waals surface area contributed by atoms with Gasteiger partial charge in [0.1, 0.15) is 18.2 Å². The molecule has 0 radical (unpaired) electrons. The average molecular weight is 199 g/mol. The lowest BCUT2D eigenvalue weighted by molar-refractivity contribution is 0.0719. The molecular formula is C10H14FNO2. The van der Waals surface area contributed by atoms with Crippen LogP contribution in [0, 0.1) is 5.82 Å². The molecule has 0 aromatic heterocycles. The van der Waals surface area contributed by atoms with E-state index in [1.165, 1.54) is 18.2 Å². The van der Waals surface area contributed by atoms with E-state index >= 15 is 0 Å². The Balaban J connectivity index is 2.59. The fourth-order valence-electron chi connectivity index (χ4n) is 0.926. The van der Waals surface area contributed by atoms with Gasteiger partial charge in [0, 0.05) is 13.2 Å². The van der Waals surface area contributed by atoms with Gasteiger partial charge in [-0.2, -0.15) is 0 Å². The highest BCUT2D eigenvalue weighted by Crippen LogP contribution is 2.21. The van der Waals surface area contributed by atoms with Crippen molar-refractivity contribution in [1.82, 2.24) is 0 Å². The monoisotopic (exact) mass is 199 g/mol. The number of ether oxygens (including phenoxy) is 2. The van der Waals surface area contributed by atoms with Gasteiger partial charge in [-0.1, -0.05) is 0 Å². The number of nitrogens with two attached hydrogens (primary N) is 1. The van der Waals surface area contributed by atoms with E-state index < -0.39 is 0 Å². The van der Waals surface area contributed by atoms with Crippen LogP contribution < -0.4 is 10.5 Å². The molecule has 1 aromatic rings. The highest BCUT2D eigenvalue weighted by molar-refractivity contribution is 5.52. The van der Waals surface area contributed by atoms with Gasteiger partial charge in [-0.15, -0.1) is 0 Å². The number of hydrogen-bond acceptors (Lipinski definition) is 3. The van der Waals surface area contributed by atoms with E-state index in [4.69, 9.17) is 15.2 Å². The molecule has 14 heavy (non-hydrogen) atoms. The second-order valence-electron chi connectivity index (χ2n) is 3.04. The number of methoxy groups -OCH3 is 1. The highest BCUT2D eigenvalue weighted by Gasteiger charge is 2.04. The Bertz CT molecular complexity index is 304. The van der Waals surface area contributed by atoms with Crippen LogP contribution in [0.4, 0.5) is 10.1 Å². The number of nitrogen functional groups attached to an aromatic ring is 1. The molecule has 0 aliphatic heterocycles. The van der Waals surface area contributed by atoms with Gasteiger partial charge in [0.15, 0.2) is 0 Å². The average Bonchev–Trinajstić information content (AvgIpc) is 2.16. The number of benzene rings is 1. The molecule has 0 amide bonds. The van der Waals surface area contributed by atoms with Gasteiger partial charge in [0.2, 0.25) is 0 Å². The van der Waals surface area contributed by atoms with Crippen molar-refractivity contribution < 1.29 is 13.9 Å².